The van der Waals surface area contributed by atoms with Gasteiger partial charge in [-0.15, -0.1) is 0 Å². The molecule has 11 heavy (non-hydrogen) atoms. The maximum absolute atomic E-state index is 5.26. The van der Waals surface area contributed by atoms with Crippen LogP contribution in [0.5, 0.6) is 0 Å². The Morgan fingerprint density at radius 3 is 2.73 bits per heavy atom. The summed E-state index contributed by atoms with van der Waals surface area (Å²) < 4.78 is 1.13. The van der Waals surface area contributed by atoms with Crippen LogP contribution in [0.1, 0.15) is 11.1 Å². The highest BCUT2D eigenvalue weighted by atomic mass is 79.9. The second-order valence-corrected chi connectivity index (χ2v) is 3.22. The van der Waals surface area contributed by atoms with E-state index in [1.165, 1.54) is 5.56 Å². The summed E-state index contributed by atoms with van der Waals surface area (Å²) in [6, 6.07) is 6.11. The van der Waals surface area contributed by atoms with E-state index in [0.717, 1.165) is 10.0 Å². The van der Waals surface area contributed by atoms with Gasteiger partial charge in [-0.3, -0.25) is 0 Å². The number of hydrogen-bond donors (Lipinski definition) is 1. The molecule has 0 radical (unpaired) electrons. The number of halogens is 1. The van der Waals surface area contributed by atoms with Gasteiger partial charge in [-0.2, -0.15) is 0 Å². The predicted molar refractivity (Wildman–Crippen MR) is 52.1 cm³/mol. The highest BCUT2D eigenvalue weighted by Gasteiger charge is 1.92. The topological polar surface area (TPSA) is 26.0 Å². The molecule has 0 heterocycles. The van der Waals surface area contributed by atoms with E-state index in [1.54, 1.807) is 6.20 Å². The molecule has 2 heteroatoms. The van der Waals surface area contributed by atoms with E-state index in [9.17, 15) is 0 Å². The van der Waals surface area contributed by atoms with Gasteiger partial charge in [-0.25, -0.2) is 0 Å². The van der Waals surface area contributed by atoms with Crippen molar-refractivity contribution in [2.75, 3.05) is 0 Å². The summed E-state index contributed by atoms with van der Waals surface area (Å²) in [5.74, 6) is 0. The number of benzene rings is 1. The maximum Gasteiger partial charge on any atom is 0.0204 e. The lowest BCUT2D eigenvalue weighted by atomic mass is 10.1. The van der Waals surface area contributed by atoms with Crippen LogP contribution in [0, 0.1) is 6.92 Å². The van der Waals surface area contributed by atoms with Gasteiger partial charge in [-0.1, -0.05) is 28.1 Å². The standard InChI is InChI=1S/C9H10BrN/c1-7-6-8(4-5-11)2-3-9(7)10/h2-6H,11H2,1H3. The molecule has 0 saturated carbocycles. The number of hydrogen-bond acceptors (Lipinski definition) is 1. The van der Waals surface area contributed by atoms with Crippen LogP contribution in [-0.2, 0) is 0 Å². The molecule has 1 rings (SSSR count). The highest BCUT2D eigenvalue weighted by molar-refractivity contribution is 9.10. The summed E-state index contributed by atoms with van der Waals surface area (Å²) >= 11 is 3.43. The largest absolute Gasteiger partial charge is 0.405 e. The summed E-state index contributed by atoms with van der Waals surface area (Å²) in [7, 11) is 0. The van der Waals surface area contributed by atoms with Gasteiger partial charge in [0.05, 0.1) is 0 Å². The molecule has 0 aliphatic carbocycles. The minimum Gasteiger partial charge on any atom is -0.405 e. The maximum atomic E-state index is 5.26. The van der Waals surface area contributed by atoms with Gasteiger partial charge in [-0.05, 0) is 36.4 Å². The van der Waals surface area contributed by atoms with Gasteiger partial charge in [0.15, 0.2) is 0 Å². The third-order valence-corrected chi connectivity index (χ3v) is 2.36. The second-order valence-electron chi connectivity index (χ2n) is 2.37. The van der Waals surface area contributed by atoms with E-state index in [4.69, 9.17) is 5.73 Å². The van der Waals surface area contributed by atoms with Crippen LogP contribution in [0.15, 0.2) is 28.9 Å². The van der Waals surface area contributed by atoms with Crippen LogP contribution in [0.25, 0.3) is 6.08 Å². The Morgan fingerprint density at radius 2 is 2.18 bits per heavy atom. The zero-order valence-electron chi connectivity index (χ0n) is 6.34. The molecule has 2 N–H and O–H groups in total. The Hall–Kier alpha value is -0.760. The molecule has 1 aromatic carbocycles. The average Bonchev–Trinajstić information content (AvgIpc) is 1.98. The lowest BCUT2D eigenvalue weighted by Crippen LogP contribution is -1.80. The SMILES string of the molecule is Cc1cc(C=CN)ccc1Br. The van der Waals surface area contributed by atoms with Gasteiger partial charge < -0.3 is 5.73 Å². The Balaban J connectivity index is 3.05. The summed E-state index contributed by atoms with van der Waals surface area (Å²) in [4.78, 5) is 0. The van der Waals surface area contributed by atoms with Gasteiger partial charge in [0.2, 0.25) is 0 Å². The van der Waals surface area contributed by atoms with Crippen LogP contribution in [0.4, 0.5) is 0 Å². The Bertz CT molecular complexity index is 279. The van der Waals surface area contributed by atoms with E-state index < -0.39 is 0 Å². The van der Waals surface area contributed by atoms with Crippen LogP contribution < -0.4 is 5.73 Å². The molecule has 0 bridgehead atoms. The molecular weight excluding hydrogens is 202 g/mol. The third kappa shape index (κ3) is 2.09. The molecule has 0 saturated heterocycles. The first-order valence-electron chi connectivity index (χ1n) is 3.38. The summed E-state index contributed by atoms with van der Waals surface area (Å²) in [5.41, 5.74) is 7.61. The van der Waals surface area contributed by atoms with Crippen molar-refractivity contribution in [1.29, 1.82) is 0 Å². The normalized spacial score (nSPS) is 10.7. The molecule has 0 aliphatic rings. The van der Waals surface area contributed by atoms with Crippen molar-refractivity contribution in [3.63, 3.8) is 0 Å². The summed E-state index contributed by atoms with van der Waals surface area (Å²) in [5, 5.41) is 0. The Kier molecular flexibility index (Phi) is 2.71. The number of rotatable bonds is 1. The minimum atomic E-state index is 1.13. The fraction of sp³-hybridized carbons (Fsp3) is 0.111. The average molecular weight is 212 g/mol. The van der Waals surface area contributed by atoms with Crippen molar-refractivity contribution in [3.8, 4) is 0 Å². The van der Waals surface area contributed by atoms with E-state index in [0.29, 0.717) is 0 Å². The highest BCUT2D eigenvalue weighted by Crippen LogP contribution is 2.17. The van der Waals surface area contributed by atoms with Crippen molar-refractivity contribution in [2.24, 2.45) is 5.73 Å². The third-order valence-electron chi connectivity index (χ3n) is 1.47. The zero-order chi connectivity index (χ0) is 8.27. The molecule has 1 aromatic rings. The Labute approximate surface area is 75.0 Å². The van der Waals surface area contributed by atoms with Gasteiger partial charge in [0.25, 0.3) is 0 Å². The molecule has 0 atom stereocenters. The molecule has 0 spiro atoms. The monoisotopic (exact) mass is 211 g/mol. The summed E-state index contributed by atoms with van der Waals surface area (Å²) in [6.45, 7) is 2.05. The number of aryl methyl sites for hydroxylation is 1. The van der Waals surface area contributed by atoms with Crippen molar-refractivity contribution in [3.05, 3.63) is 40.0 Å². The molecule has 0 amide bonds. The van der Waals surface area contributed by atoms with Crippen LogP contribution in [0.3, 0.4) is 0 Å². The van der Waals surface area contributed by atoms with E-state index in [1.807, 2.05) is 18.2 Å². The zero-order valence-corrected chi connectivity index (χ0v) is 7.93. The molecule has 0 aromatic heterocycles. The van der Waals surface area contributed by atoms with Gasteiger partial charge >= 0.3 is 0 Å². The molecule has 0 aliphatic heterocycles. The quantitative estimate of drug-likeness (QED) is 0.760. The van der Waals surface area contributed by atoms with E-state index in [2.05, 4.69) is 28.9 Å². The van der Waals surface area contributed by atoms with E-state index >= 15 is 0 Å². The van der Waals surface area contributed by atoms with Crippen LogP contribution in [0.2, 0.25) is 0 Å². The molecular formula is C9H10BrN. The Morgan fingerprint density at radius 1 is 1.45 bits per heavy atom. The fourth-order valence-corrected chi connectivity index (χ4v) is 1.13. The van der Waals surface area contributed by atoms with Crippen molar-refractivity contribution >= 4 is 22.0 Å². The predicted octanol–water partition coefficient (Wildman–Crippen LogP) is 2.69. The van der Waals surface area contributed by atoms with Gasteiger partial charge in [0, 0.05) is 4.47 Å². The molecule has 0 fully saturated rings. The molecule has 1 nitrogen and oxygen atoms in total. The van der Waals surface area contributed by atoms with Gasteiger partial charge in [0.1, 0.15) is 0 Å². The first-order valence-corrected chi connectivity index (χ1v) is 4.18. The van der Waals surface area contributed by atoms with Crippen molar-refractivity contribution in [1.82, 2.24) is 0 Å². The first-order chi connectivity index (χ1) is 5.24. The van der Waals surface area contributed by atoms with Crippen molar-refractivity contribution in [2.45, 2.75) is 6.92 Å². The summed E-state index contributed by atoms with van der Waals surface area (Å²) in [6.07, 6.45) is 3.42. The lowest BCUT2D eigenvalue weighted by molar-refractivity contribution is 1.42. The first kappa shape index (κ1) is 8.34. The van der Waals surface area contributed by atoms with Crippen molar-refractivity contribution < 1.29 is 0 Å². The minimum absolute atomic E-state index is 1.13. The van der Waals surface area contributed by atoms with Crippen LogP contribution >= 0.6 is 15.9 Å². The van der Waals surface area contributed by atoms with E-state index in [-0.39, 0.29) is 0 Å². The second kappa shape index (κ2) is 3.58. The fourth-order valence-electron chi connectivity index (χ4n) is 0.883. The lowest BCUT2D eigenvalue weighted by Gasteiger charge is -1.98. The molecule has 58 valence electrons. The smallest absolute Gasteiger partial charge is 0.0204 e. The van der Waals surface area contributed by atoms with Crippen LogP contribution in [-0.4, -0.2) is 0 Å². The molecule has 0 unspecified atom stereocenters. The number of nitrogens with two attached hydrogens (primary N) is 1.